The highest BCUT2D eigenvalue weighted by atomic mass is 19.3. The Morgan fingerprint density at radius 1 is 1.21 bits per heavy atom. The molecular formula is C14H21F2NO2. The van der Waals surface area contributed by atoms with Crippen molar-refractivity contribution < 1.29 is 18.6 Å². The highest BCUT2D eigenvalue weighted by Crippen LogP contribution is 2.18. The van der Waals surface area contributed by atoms with Gasteiger partial charge in [0.2, 0.25) is 0 Å². The zero-order valence-corrected chi connectivity index (χ0v) is 11.4. The SMILES string of the molecule is CCCOc1ccc(C(O)CN(C)CC(F)F)cc1. The van der Waals surface area contributed by atoms with Crippen molar-refractivity contribution in [1.29, 1.82) is 0 Å². The van der Waals surface area contributed by atoms with Crippen LogP contribution in [0.25, 0.3) is 0 Å². The standard InChI is InChI=1S/C14H21F2NO2/c1-3-8-19-12-6-4-11(5-7-12)13(18)9-17(2)10-14(15)16/h4-7,13-14,18H,3,8-10H2,1-2H3. The Hall–Kier alpha value is -1.20. The molecular weight excluding hydrogens is 252 g/mol. The van der Waals surface area contributed by atoms with Gasteiger partial charge in [-0.05, 0) is 31.2 Å². The first-order valence-corrected chi connectivity index (χ1v) is 6.40. The van der Waals surface area contributed by atoms with E-state index in [-0.39, 0.29) is 13.1 Å². The fourth-order valence-electron chi connectivity index (χ4n) is 1.72. The fourth-order valence-corrected chi connectivity index (χ4v) is 1.72. The van der Waals surface area contributed by atoms with Crippen LogP contribution in [0.15, 0.2) is 24.3 Å². The summed E-state index contributed by atoms with van der Waals surface area (Å²) in [6.07, 6.45) is -2.23. The molecule has 19 heavy (non-hydrogen) atoms. The van der Waals surface area contributed by atoms with Crippen molar-refractivity contribution in [3.63, 3.8) is 0 Å². The zero-order valence-electron chi connectivity index (χ0n) is 11.4. The van der Waals surface area contributed by atoms with Crippen LogP contribution in [0.2, 0.25) is 0 Å². The number of aliphatic hydroxyl groups excluding tert-OH is 1. The molecule has 0 bridgehead atoms. The number of likely N-dealkylation sites (N-methyl/N-ethyl adjacent to an activating group) is 1. The van der Waals surface area contributed by atoms with Crippen molar-refractivity contribution in [2.45, 2.75) is 25.9 Å². The maximum absolute atomic E-state index is 12.2. The van der Waals surface area contributed by atoms with Gasteiger partial charge in [0.15, 0.2) is 0 Å². The maximum Gasteiger partial charge on any atom is 0.251 e. The molecule has 0 aliphatic carbocycles. The lowest BCUT2D eigenvalue weighted by atomic mass is 10.1. The topological polar surface area (TPSA) is 32.7 Å². The summed E-state index contributed by atoms with van der Waals surface area (Å²) in [5.41, 5.74) is 0.699. The lowest BCUT2D eigenvalue weighted by molar-refractivity contribution is 0.0680. The second-order valence-electron chi connectivity index (χ2n) is 4.55. The third kappa shape index (κ3) is 5.98. The minimum absolute atomic E-state index is 0.180. The summed E-state index contributed by atoms with van der Waals surface area (Å²) < 4.78 is 29.8. The molecule has 0 amide bonds. The Balaban J connectivity index is 2.50. The van der Waals surface area contributed by atoms with Crippen LogP contribution in [0.5, 0.6) is 5.75 Å². The lowest BCUT2D eigenvalue weighted by Crippen LogP contribution is -2.29. The van der Waals surface area contributed by atoms with Gasteiger partial charge in [0.1, 0.15) is 5.75 Å². The number of rotatable bonds is 8. The van der Waals surface area contributed by atoms with Gasteiger partial charge >= 0.3 is 0 Å². The van der Waals surface area contributed by atoms with Crippen LogP contribution in [0, 0.1) is 0 Å². The van der Waals surface area contributed by atoms with E-state index in [1.807, 2.05) is 6.92 Å². The van der Waals surface area contributed by atoms with Crippen LogP contribution < -0.4 is 4.74 Å². The normalized spacial score (nSPS) is 13.0. The van der Waals surface area contributed by atoms with Gasteiger partial charge < -0.3 is 9.84 Å². The van der Waals surface area contributed by atoms with E-state index in [0.29, 0.717) is 12.2 Å². The molecule has 1 unspecified atom stereocenters. The average Bonchev–Trinajstić information content (AvgIpc) is 2.35. The van der Waals surface area contributed by atoms with E-state index in [1.165, 1.54) is 4.90 Å². The highest BCUT2D eigenvalue weighted by molar-refractivity contribution is 5.28. The summed E-state index contributed by atoms with van der Waals surface area (Å²) in [5.74, 6) is 0.749. The van der Waals surface area contributed by atoms with E-state index >= 15 is 0 Å². The van der Waals surface area contributed by atoms with E-state index in [4.69, 9.17) is 4.74 Å². The van der Waals surface area contributed by atoms with E-state index in [9.17, 15) is 13.9 Å². The molecule has 0 aliphatic rings. The van der Waals surface area contributed by atoms with Gasteiger partial charge in [0.05, 0.1) is 19.3 Å². The Bertz CT molecular complexity index is 357. The molecule has 0 fully saturated rings. The molecule has 0 radical (unpaired) electrons. The predicted octanol–water partition coefficient (Wildman–Crippen LogP) is 2.71. The summed E-state index contributed by atoms with van der Waals surface area (Å²) in [7, 11) is 1.56. The first-order valence-electron chi connectivity index (χ1n) is 6.40. The molecule has 0 heterocycles. The van der Waals surface area contributed by atoms with Gasteiger partial charge in [0.25, 0.3) is 6.43 Å². The van der Waals surface area contributed by atoms with Crippen molar-refractivity contribution in [2.75, 3.05) is 26.7 Å². The number of hydrogen-bond donors (Lipinski definition) is 1. The Labute approximate surface area is 112 Å². The van der Waals surface area contributed by atoms with Gasteiger partial charge in [-0.3, -0.25) is 4.90 Å². The molecule has 0 aliphatic heterocycles. The Morgan fingerprint density at radius 3 is 2.37 bits per heavy atom. The quantitative estimate of drug-likeness (QED) is 0.790. The second-order valence-corrected chi connectivity index (χ2v) is 4.55. The molecule has 1 atom stereocenters. The number of ether oxygens (including phenoxy) is 1. The lowest BCUT2D eigenvalue weighted by Gasteiger charge is -2.20. The minimum atomic E-state index is -2.39. The summed E-state index contributed by atoms with van der Waals surface area (Å²) in [6.45, 7) is 2.52. The predicted molar refractivity (Wildman–Crippen MR) is 70.7 cm³/mol. The number of aliphatic hydroxyl groups is 1. The first-order chi connectivity index (χ1) is 9.02. The van der Waals surface area contributed by atoms with Crippen molar-refractivity contribution in [3.8, 4) is 5.75 Å². The average molecular weight is 273 g/mol. The molecule has 3 nitrogen and oxygen atoms in total. The van der Waals surface area contributed by atoms with Crippen LogP contribution in [0.3, 0.4) is 0 Å². The van der Waals surface area contributed by atoms with Crippen LogP contribution in [-0.2, 0) is 0 Å². The monoisotopic (exact) mass is 273 g/mol. The van der Waals surface area contributed by atoms with Crippen molar-refractivity contribution in [1.82, 2.24) is 4.90 Å². The molecule has 1 aromatic carbocycles. The highest BCUT2D eigenvalue weighted by Gasteiger charge is 2.14. The third-order valence-corrected chi connectivity index (χ3v) is 2.67. The van der Waals surface area contributed by atoms with Crippen LogP contribution >= 0.6 is 0 Å². The largest absolute Gasteiger partial charge is 0.494 e. The zero-order chi connectivity index (χ0) is 14.3. The van der Waals surface area contributed by atoms with Crippen LogP contribution in [-0.4, -0.2) is 43.2 Å². The summed E-state index contributed by atoms with van der Waals surface area (Å²) >= 11 is 0. The van der Waals surface area contributed by atoms with Gasteiger partial charge in [-0.25, -0.2) is 8.78 Å². The molecule has 0 saturated carbocycles. The molecule has 0 spiro atoms. The molecule has 1 rings (SSSR count). The van der Waals surface area contributed by atoms with Gasteiger partial charge in [-0.2, -0.15) is 0 Å². The Kier molecular flexibility index (Phi) is 6.73. The maximum atomic E-state index is 12.2. The fraction of sp³-hybridized carbons (Fsp3) is 0.571. The van der Waals surface area contributed by atoms with Crippen molar-refractivity contribution >= 4 is 0 Å². The second kappa shape index (κ2) is 8.07. The van der Waals surface area contributed by atoms with Gasteiger partial charge in [-0.1, -0.05) is 19.1 Å². The summed E-state index contributed by atoms with van der Waals surface area (Å²) in [5, 5.41) is 9.94. The van der Waals surface area contributed by atoms with Crippen molar-refractivity contribution in [2.24, 2.45) is 0 Å². The molecule has 108 valence electrons. The first kappa shape index (κ1) is 15.9. The minimum Gasteiger partial charge on any atom is -0.494 e. The van der Waals surface area contributed by atoms with Crippen LogP contribution in [0.4, 0.5) is 8.78 Å². The molecule has 5 heteroatoms. The van der Waals surface area contributed by atoms with Crippen LogP contribution in [0.1, 0.15) is 25.0 Å². The number of nitrogens with zero attached hydrogens (tertiary/aromatic N) is 1. The van der Waals surface area contributed by atoms with E-state index < -0.39 is 12.5 Å². The van der Waals surface area contributed by atoms with Crippen molar-refractivity contribution in [3.05, 3.63) is 29.8 Å². The Morgan fingerprint density at radius 2 is 1.84 bits per heavy atom. The summed E-state index contributed by atoms with van der Waals surface area (Å²) in [4.78, 5) is 1.41. The summed E-state index contributed by atoms with van der Waals surface area (Å²) in [6, 6.07) is 7.07. The smallest absolute Gasteiger partial charge is 0.251 e. The number of benzene rings is 1. The van der Waals surface area contributed by atoms with Gasteiger partial charge in [-0.15, -0.1) is 0 Å². The van der Waals surface area contributed by atoms with E-state index in [1.54, 1.807) is 31.3 Å². The molecule has 1 N–H and O–H groups in total. The van der Waals surface area contributed by atoms with E-state index in [2.05, 4.69) is 0 Å². The molecule has 0 saturated heterocycles. The third-order valence-electron chi connectivity index (χ3n) is 2.67. The molecule has 0 aromatic heterocycles. The number of hydrogen-bond acceptors (Lipinski definition) is 3. The van der Waals surface area contributed by atoms with E-state index in [0.717, 1.165) is 12.2 Å². The van der Waals surface area contributed by atoms with Gasteiger partial charge in [0, 0.05) is 6.54 Å². The number of halogens is 2. The molecule has 1 aromatic rings. The number of alkyl halides is 2.